The summed E-state index contributed by atoms with van der Waals surface area (Å²) < 4.78 is 6.50. The number of halogens is 1. The molecule has 0 aliphatic heterocycles. The zero-order valence-electron chi connectivity index (χ0n) is 10.1. The number of hydrogen-bond donors (Lipinski definition) is 2. The van der Waals surface area contributed by atoms with E-state index in [4.69, 9.17) is 4.42 Å². The summed E-state index contributed by atoms with van der Waals surface area (Å²) in [6.45, 7) is 2.27. The lowest BCUT2D eigenvalue weighted by molar-refractivity contribution is 0.186. The molecule has 2 aromatic rings. The van der Waals surface area contributed by atoms with Crippen molar-refractivity contribution in [1.82, 2.24) is 5.32 Å². The van der Waals surface area contributed by atoms with E-state index < -0.39 is 6.10 Å². The molecule has 0 bridgehead atoms. The van der Waals surface area contributed by atoms with Gasteiger partial charge in [0.2, 0.25) is 0 Å². The van der Waals surface area contributed by atoms with Gasteiger partial charge < -0.3 is 14.8 Å². The molecule has 0 unspecified atom stereocenters. The van der Waals surface area contributed by atoms with Crippen LogP contribution in [-0.4, -0.2) is 17.8 Å². The Morgan fingerprint density at radius 2 is 2.00 bits per heavy atom. The van der Waals surface area contributed by atoms with Crippen LogP contribution < -0.4 is 5.32 Å². The molecule has 0 saturated carbocycles. The highest BCUT2D eigenvalue weighted by molar-refractivity contribution is 9.10. The van der Waals surface area contributed by atoms with Gasteiger partial charge in [-0.2, -0.15) is 0 Å². The van der Waals surface area contributed by atoms with Crippen LogP contribution in [0, 0.1) is 0 Å². The molecular weight excluding hydrogens is 294 g/mol. The van der Waals surface area contributed by atoms with Crippen LogP contribution in [0.1, 0.15) is 24.3 Å². The molecule has 0 spiro atoms. The molecule has 0 amide bonds. The van der Waals surface area contributed by atoms with E-state index in [-0.39, 0.29) is 6.04 Å². The van der Waals surface area contributed by atoms with E-state index in [1.54, 1.807) is 13.2 Å². The predicted octanol–water partition coefficient (Wildman–Crippen LogP) is 3.10. The second kappa shape index (κ2) is 6.18. The van der Waals surface area contributed by atoms with E-state index in [9.17, 15) is 5.11 Å². The molecule has 0 fully saturated rings. The van der Waals surface area contributed by atoms with Crippen LogP contribution in [0.25, 0.3) is 0 Å². The van der Waals surface area contributed by atoms with Crippen molar-refractivity contribution in [3.8, 4) is 0 Å². The zero-order chi connectivity index (χ0) is 13.0. The van der Waals surface area contributed by atoms with Crippen LogP contribution in [-0.2, 0) is 0 Å². The molecule has 0 saturated heterocycles. The Morgan fingerprint density at radius 3 is 2.56 bits per heavy atom. The minimum absolute atomic E-state index is 0.0392. The van der Waals surface area contributed by atoms with Crippen molar-refractivity contribution >= 4 is 15.9 Å². The second-order valence-electron chi connectivity index (χ2n) is 4.26. The summed E-state index contributed by atoms with van der Waals surface area (Å²) in [5.74, 6) is 0.845. The molecule has 2 atom stereocenters. The average Bonchev–Trinajstić information content (AvgIpc) is 2.85. The molecule has 0 radical (unpaired) electrons. The first-order valence-corrected chi connectivity index (χ1v) is 6.66. The van der Waals surface area contributed by atoms with Gasteiger partial charge >= 0.3 is 0 Å². The van der Waals surface area contributed by atoms with Gasteiger partial charge in [-0.05, 0) is 36.8 Å². The summed E-state index contributed by atoms with van der Waals surface area (Å²) in [4.78, 5) is 0. The zero-order valence-corrected chi connectivity index (χ0v) is 11.7. The van der Waals surface area contributed by atoms with Crippen molar-refractivity contribution in [1.29, 1.82) is 0 Å². The Balaban J connectivity index is 2.21. The predicted molar refractivity (Wildman–Crippen MR) is 74.4 cm³/mol. The van der Waals surface area contributed by atoms with Crippen LogP contribution in [0.4, 0.5) is 0 Å². The van der Waals surface area contributed by atoms with E-state index in [0.29, 0.717) is 6.54 Å². The summed E-state index contributed by atoms with van der Waals surface area (Å²) >= 11 is 3.42. The Labute approximate surface area is 115 Å². The second-order valence-corrected chi connectivity index (χ2v) is 5.17. The third kappa shape index (κ3) is 3.45. The summed E-state index contributed by atoms with van der Waals surface area (Å²) in [6, 6.07) is 11.8. The lowest BCUT2D eigenvalue weighted by Gasteiger charge is -2.18. The van der Waals surface area contributed by atoms with Crippen molar-refractivity contribution in [2.45, 2.75) is 19.1 Å². The number of rotatable bonds is 5. The third-order valence-electron chi connectivity index (χ3n) is 2.65. The van der Waals surface area contributed by atoms with Crippen molar-refractivity contribution in [2.75, 3.05) is 6.54 Å². The first-order chi connectivity index (χ1) is 8.66. The molecule has 2 N–H and O–H groups in total. The SMILES string of the molecule is C[C@@H](O)CN[C@@H](c1ccc(Br)cc1)c1ccco1. The van der Waals surface area contributed by atoms with E-state index in [1.807, 2.05) is 36.4 Å². The van der Waals surface area contributed by atoms with Crippen LogP contribution in [0.5, 0.6) is 0 Å². The molecule has 96 valence electrons. The smallest absolute Gasteiger partial charge is 0.125 e. The summed E-state index contributed by atoms with van der Waals surface area (Å²) in [5.41, 5.74) is 1.11. The normalized spacial score (nSPS) is 14.4. The average molecular weight is 310 g/mol. The van der Waals surface area contributed by atoms with Gasteiger partial charge in [0.05, 0.1) is 18.4 Å². The minimum atomic E-state index is -0.391. The first kappa shape index (κ1) is 13.3. The van der Waals surface area contributed by atoms with Crippen LogP contribution in [0.15, 0.2) is 51.6 Å². The number of nitrogens with one attached hydrogen (secondary N) is 1. The quantitative estimate of drug-likeness (QED) is 0.892. The number of furan rings is 1. The maximum Gasteiger partial charge on any atom is 0.125 e. The maximum atomic E-state index is 9.39. The van der Waals surface area contributed by atoms with Gasteiger partial charge in [-0.1, -0.05) is 28.1 Å². The Morgan fingerprint density at radius 1 is 1.28 bits per heavy atom. The summed E-state index contributed by atoms with van der Waals surface area (Å²) in [7, 11) is 0. The van der Waals surface area contributed by atoms with Gasteiger partial charge in [0.1, 0.15) is 5.76 Å². The molecule has 4 heteroatoms. The summed E-state index contributed by atoms with van der Waals surface area (Å²) in [5, 5.41) is 12.7. The standard InChI is InChI=1S/C14H16BrNO2/c1-10(17)9-16-14(13-3-2-8-18-13)11-4-6-12(15)7-5-11/h2-8,10,14,16-17H,9H2,1H3/t10-,14+/m1/s1. The van der Waals surface area contributed by atoms with Crippen LogP contribution >= 0.6 is 15.9 Å². The van der Waals surface area contributed by atoms with Gasteiger partial charge in [-0.3, -0.25) is 0 Å². The molecular formula is C14H16BrNO2. The molecule has 3 nitrogen and oxygen atoms in total. The monoisotopic (exact) mass is 309 g/mol. The molecule has 1 aromatic carbocycles. The van der Waals surface area contributed by atoms with Crippen molar-refractivity contribution in [3.05, 3.63) is 58.5 Å². The molecule has 2 rings (SSSR count). The van der Waals surface area contributed by atoms with Crippen molar-refractivity contribution in [2.24, 2.45) is 0 Å². The Hall–Kier alpha value is -1.10. The number of benzene rings is 1. The van der Waals surface area contributed by atoms with E-state index >= 15 is 0 Å². The Bertz CT molecular complexity index is 465. The fraction of sp³-hybridized carbons (Fsp3) is 0.286. The fourth-order valence-corrected chi connectivity index (χ4v) is 2.05. The van der Waals surface area contributed by atoms with Gasteiger partial charge in [-0.25, -0.2) is 0 Å². The molecule has 1 aromatic heterocycles. The van der Waals surface area contributed by atoms with Gasteiger partial charge in [-0.15, -0.1) is 0 Å². The topological polar surface area (TPSA) is 45.4 Å². The minimum Gasteiger partial charge on any atom is -0.467 e. The lowest BCUT2D eigenvalue weighted by atomic mass is 10.0. The highest BCUT2D eigenvalue weighted by atomic mass is 79.9. The number of aliphatic hydroxyl groups is 1. The lowest BCUT2D eigenvalue weighted by Crippen LogP contribution is -2.29. The van der Waals surface area contributed by atoms with Crippen LogP contribution in [0.3, 0.4) is 0 Å². The molecule has 0 aliphatic rings. The summed E-state index contributed by atoms with van der Waals surface area (Å²) in [6.07, 6.45) is 1.27. The van der Waals surface area contributed by atoms with E-state index in [0.717, 1.165) is 15.8 Å². The first-order valence-electron chi connectivity index (χ1n) is 5.87. The van der Waals surface area contributed by atoms with E-state index in [1.165, 1.54) is 0 Å². The maximum absolute atomic E-state index is 9.39. The van der Waals surface area contributed by atoms with Crippen molar-refractivity contribution in [3.63, 3.8) is 0 Å². The van der Waals surface area contributed by atoms with Gasteiger partial charge in [0.25, 0.3) is 0 Å². The third-order valence-corrected chi connectivity index (χ3v) is 3.18. The highest BCUT2D eigenvalue weighted by Gasteiger charge is 2.16. The number of aliphatic hydroxyl groups excluding tert-OH is 1. The highest BCUT2D eigenvalue weighted by Crippen LogP contribution is 2.24. The number of hydrogen-bond acceptors (Lipinski definition) is 3. The Kier molecular flexibility index (Phi) is 4.58. The fourth-order valence-electron chi connectivity index (χ4n) is 1.78. The van der Waals surface area contributed by atoms with Crippen molar-refractivity contribution < 1.29 is 9.52 Å². The molecule has 0 aliphatic carbocycles. The van der Waals surface area contributed by atoms with Gasteiger partial charge in [0.15, 0.2) is 0 Å². The largest absolute Gasteiger partial charge is 0.467 e. The van der Waals surface area contributed by atoms with Gasteiger partial charge in [0, 0.05) is 11.0 Å². The molecule has 1 heterocycles. The molecule has 18 heavy (non-hydrogen) atoms. The van der Waals surface area contributed by atoms with E-state index in [2.05, 4.69) is 21.2 Å². The van der Waals surface area contributed by atoms with Crippen LogP contribution in [0.2, 0.25) is 0 Å².